The SMILES string of the molecule is Cc1cc(C(CC=NO)(c2cccc(CCCO)c2)c2ccccc2C)ccn1. The van der Waals surface area contributed by atoms with E-state index in [1.165, 1.54) is 16.7 Å². The minimum Gasteiger partial charge on any atom is -0.411 e. The smallest absolute Gasteiger partial charge is 0.0505 e. The second-order valence-electron chi connectivity index (χ2n) is 7.44. The van der Waals surface area contributed by atoms with Gasteiger partial charge in [0.1, 0.15) is 0 Å². The third-order valence-corrected chi connectivity index (χ3v) is 5.52. The topological polar surface area (TPSA) is 65.7 Å². The molecule has 0 amide bonds. The Kier molecular flexibility index (Phi) is 6.78. The zero-order valence-corrected chi connectivity index (χ0v) is 17.0. The van der Waals surface area contributed by atoms with Crippen molar-refractivity contribution in [3.8, 4) is 0 Å². The average molecular weight is 389 g/mol. The number of hydrogen-bond acceptors (Lipinski definition) is 4. The lowest BCUT2D eigenvalue weighted by Gasteiger charge is -2.36. The highest BCUT2D eigenvalue weighted by atomic mass is 16.4. The Morgan fingerprint density at radius 1 is 1.00 bits per heavy atom. The lowest BCUT2D eigenvalue weighted by Crippen LogP contribution is -2.31. The molecular weight excluding hydrogens is 360 g/mol. The molecular formula is C25H28N2O2. The van der Waals surface area contributed by atoms with E-state index in [0.717, 1.165) is 29.7 Å². The van der Waals surface area contributed by atoms with Crippen LogP contribution >= 0.6 is 0 Å². The van der Waals surface area contributed by atoms with Gasteiger partial charge in [-0.05, 0) is 66.6 Å². The van der Waals surface area contributed by atoms with Gasteiger partial charge in [-0.2, -0.15) is 0 Å². The molecule has 0 aliphatic rings. The molecule has 0 spiro atoms. The largest absolute Gasteiger partial charge is 0.411 e. The first kappa shape index (κ1) is 20.7. The van der Waals surface area contributed by atoms with Crippen LogP contribution in [0.25, 0.3) is 0 Å². The highest BCUT2D eigenvalue weighted by Crippen LogP contribution is 2.43. The van der Waals surface area contributed by atoms with E-state index in [1.54, 1.807) is 6.21 Å². The molecule has 3 aromatic rings. The highest BCUT2D eigenvalue weighted by Gasteiger charge is 2.37. The first-order valence-electron chi connectivity index (χ1n) is 9.97. The Hall–Kier alpha value is -2.98. The molecule has 0 saturated heterocycles. The van der Waals surface area contributed by atoms with Crippen molar-refractivity contribution in [3.05, 3.63) is 100 Å². The first-order valence-corrected chi connectivity index (χ1v) is 9.97. The fourth-order valence-corrected chi connectivity index (χ4v) is 4.14. The standard InChI is InChI=1S/C25H28N2O2/c1-19-7-3-4-11-24(19)25(13-15-27-29,23-12-14-26-20(2)17-23)22-10-5-8-21(18-22)9-6-16-28/h3-5,7-8,10-12,14-15,17-18,28-29H,6,9,13,16H2,1-2H3. The summed E-state index contributed by atoms with van der Waals surface area (Å²) in [6.07, 6.45) is 5.47. The van der Waals surface area contributed by atoms with Crippen LogP contribution in [-0.2, 0) is 11.8 Å². The molecule has 0 aliphatic carbocycles. The van der Waals surface area contributed by atoms with E-state index < -0.39 is 5.41 Å². The molecule has 150 valence electrons. The molecule has 4 heteroatoms. The molecule has 1 heterocycles. The Morgan fingerprint density at radius 3 is 2.52 bits per heavy atom. The van der Waals surface area contributed by atoms with Crippen LogP contribution in [0.4, 0.5) is 0 Å². The molecule has 0 radical (unpaired) electrons. The molecule has 3 rings (SSSR count). The summed E-state index contributed by atoms with van der Waals surface area (Å²) >= 11 is 0. The van der Waals surface area contributed by atoms with E-state index in [2.05, 4.69) is 65.6 Å². The quantitative estimate of drug-likeness (QED) is 0.331. The summed E-state index contributed by atoms with van der Waals surface area (Å²) < 4.78 is 0. The fourth-order valence-electron chi connectivity index (χ4n) is 4.14. The van der Waals surface area contributed by atoms with Crippen molar-refractivity contribution in [1.29, 1.82) is 0 Å². The van der Waals surface area contributed by atoms with Crippen LogP contribution < -0.4 is 0 Å². The number of hydrogen-bond donors (Lipinski definition) is 2. The van der Waals surface area contributed by atoms with Gasteiger partial charge in [-0.25, -0.2) is 0 Å². The maximum Gasteiger partial charge on any atom is 0.0505 e. The Morgan fingerprint density at radius 2 is 1.79 bits per heavy atom. The third kappa shape index (κ3) is 4.38. The second kappa shape index (κ2) is 9.48. The predicted octanol–water partition coefficient (Wildman–Crippen LogP) is 4.81. The Bertz CT molecular complexity index is 984. The molecule has 2 N–H and O–H groups in total. The number of rotatable bonds is 8. The zero-order valence-electron chi connectivity index (χ0n) is 17.0. The predicted molar refractivity (Wildman–Crippen MR) is 117 cm³/mol. The van der Waals surface area contributed by atoms with E-state index in [-0.39, 0.29) is 6.61 Å². The molecule has 1 unspecified atom stereocenters. The first-order chi connectivity index (χ1) is 14.1. The molecule has 1 atom stereocenters. The number of pyridine rings is 1. The number of oxime groups is 1. The molecule has 0 saturated carbocycles. The van der Waals surface area contributed by atoms with Gasteiger partial charge >= 0.3 is 0 Å². The molecule has 29 heavy (non-hydrogen) atoms. The molecule has 4 nitrogen and oxygen atoms in total. The van der Waals surface area contributed by atoms with Crippen molar-refractivity contribution in [3.63, 3.8) is 0 Å². The summed E-state index contributed by atoms with van der Waals surface area (Å²) in [5.74, 6) is 0. The molecule has 0 aliphatic heterocycles. The number of aliphatic hydroxyl groups excluding tert-OH is 1. The zero-order chi connectivity index (χ0) is 20.7. The highest BCUT2D eigenvalue weighted by molar-refractivity contribution is 5.66. The number of aliphatic hydroxyl groups is 1. The summed E-state index contributed by atoms with van der Waals surface area (Å²) in [5.41, 5.74) is 6.20. The average Bonchev–Trinajstić information content (AvgIpc) is 2.74. The molecule has 0 fully saturated rings. The Labute approximate surface area is 172 Å². The second-order valence-corrected chi connectivity index (χ2v) is 7.44. The molecule has 0 bridgehead atoms. The van der Waals surface area contributed by atoms with Crippen LogP contribution in [0.2, 0.25) is 0 Å². The van der Waals surface area contributed by atoms with Crippen molar-refractivity contribution in [2.75, 3.05) is 6.61 Å². The third-order valence-electron chi connectivity index (χ3n) is 5.52. The number of benzene rings is 2. The van der Waals surface area contributed by atoms with Gasteiger partial charge in [-0.1, -0.05) is 48.5 Å². The summed E-state index contributed by atoms with van der Waals surface area (Å²) in [7, 11) is 0. The molecule has 1 aromatic heterocycles. The minimum atomic E-state index is -0.513. The maximum absolute atomic E-state index is 9.29. The summed E-state index contributed by atoms with van der Waals surface area (Å²) in [6.45, 7) is 4.28. The maximum atomic E-state index is 9.29. The minimum absolute atomic E-state index is 0.174. The Balaban J connectivity index is 2.31. The van der Waals surface area contributed by atoms with Crippen molar-refractivity contribution in [2.24, 2.45) is 5.16 Å². The van der Waals surface area contributed by atoms with Crippen molar-refractivity contribution in [2.45, 2.75) is 38.5 Å². The summed E-state index contributed by atoms with van der Waals surface area (Å²) in [4.78, 5) is 4.39. The van der Waals surface area contributed by atoms with E-state index in [1.807, 2.05) is 25.3 Å². The van der Waals surface area contributed by atoms with E-state index in [4.69, 9.17) is 0 Å². The van der Waals surface area contributed by atoms with Crippen molar-refractivity contribution < 1.29 is 10.3 Å². The van der Waals surface area contributed by atoms with Gasteiger partial charge in [-0.15, -0.1) is 5.16 Å². The van der Waals surface area contributed by atoms with Gasteiger partial charge < -0.3 is 10.3 Å². The van der Waals surface area contributed by atoms with Crippen LogP contribution in [0.5, 0.6) is 0 Å². The van der Waals surface area contributed by atoms with Crippen LogP contribution in [0.1, 0.15) is 46.4 Å². The van der Waals surface area contributed by atoms with E-state index in [0.29, 0.717) is 6.42 Å². The summed E-state index contributed by atoms with van der Waals surface area (Å²) in [6, 6.07) is 21.0. The van der Waals surface area contributed by atoms with E-state index in [9.17, 15) is 10.3 Å². The summed E-state index contributed by atoms with van der Waals surface area (Å²) in [5, 5.41) is 21.9. The number of nitrogens with zero attached hydrogens (tertiary/aromatic N) is 2. The number of aryl methyl sites for hydroxylation is 3. The lowest BCUT2D eigenvalue weighted by atomic mass is 9.66. The van der Waals surface area contributed by atoms with Gasteiger partial charge in [0.25, 0.3) is 0 Å². The monoisotopic (exact) mass is 388 g/mol. The van der Waals surface area contributed by atoms with Gasteiger partial charge in [-0.3, -0.25) is 4.98 Å². The van der Waals surface area contributed by atoms with Crippen LogP contribution in [0, 0.1) is 13.8 Å². The van der Waals surface area contributed by atoms with Crippen LogP contribution in [0.15, 0.2) is 72.0 Å². The lowest BCUT2D eigenvalue weighted by molar-refractivity contribution is 0.288. The fraction of sp³-hybridized carbons (Fsp3) is 0.280. The van der Waals surface area contributed by atoms with Gasteiger partial charge in [0.05, 0.1) is 5.41 Å². The van der Waals surface area contributed by atoms with E-state index >= 15 is 0 Å². The van der Waals surface area contributed by atoms with Crippen LogP contribution in [0.3, 0.4) is 0 Å². The van der Waals surface area contributed by atoms with Gasteiger partial charge in [0, 0.05) is 31.1 Å². The van der Waals surface area contributed by atoms with Crippen molar-refractivity contribution in [1.82, 2.24) is 4.98 Å². The molecule has 2 aromatic carbocycles. The van der Waals surface area contributed by atoms with Gasteiger partial charge in [0.15, 0.2) is 0 Å². The van der Waals surface area contributed by atoms with Crippen molar-refractivity contribution >= 4 is 6.21 Å². The number of aromatic nitrogens is 1. The normalized spacial score (nSPS) is 13.5. The van der Waals surface area contributed by atoms with Gasteiger partial charge in [0.2, 0.25) is 0 Å². The van der Waals surface area contributed by atoms with Crippen LogP contribution in [-0.4, -0.2) is 28.1 Å².